The molecule has 0 aliphatic rings. The van der Waals surface area contributed by atoms with Crippen molar-refractivity contribution >= 4 is 33.2 Å². The van der Waals surface area contributed by atoms with Gasteiger partial charge in [-0.3, -0.25) is 0 Å². The summed E-state index contributed by atoms with van der Waals surface area (Å²) in [5.74, 6) is -0.595. The molecule has 1 aromatic heterocycles. The van der Waals surface area contributed by atoms with Crippen LogP contribution in [0.5, 0.6) is 0 Å². The third kappa shape index (κ3) is 2.43. The summed E-state index contributed by atoms with van der Waals surface area (Å²) >= 11 is 4.62. The molecule has 0 spiro atoms. The van der Waals surface area contributed by atoms with Gasteiger partial charge in [-0.05, 0) is 28.1 Å². The number of esters is 1. The lowest BCUT2D eigenvalue weighted by Crippen LogP contribution is -2.10. The molecule has 0 fully saturated rings. The second-order valence-corrected chi connectivity index (χ2v) is 5.06. The molecule has 0 amide bonds. The lowest BCUT2D eigenvalue weighted by molar-refractivity contribution is -0.137. The Morgan fingerprint density at radius 1 is 1.71 bits per heavy atom. The quantitative estimate of drug-likeness (QED) is 0.681. The number of aliphatic hydroxyl groups is 1. The number of methoxy groups -OCH3 is 1. The van der Waals surface area contributed by atoms with E-state index in [0.717, 1.165) is 3.79 Å². The van der Waals surface area contributed by atoms with Gasteiger partial charge in [0, 0.05) is 4.88 Å². The first-order valence-electron chi connectivity index (χ1n) is 3.76. The van der Waals surface area contributed by atoms with Crippen LogP contribution in [0.1, 0.15) is 11.0 Å². The van der Waals surface area contributed by atoms with E-state index in [-0.39, 0.29) is 5.57 Å². The summed E-state index contributed by atoms with van der Waals surface area (Å²) in [6.07, 6.45) is -0.987. The molecule has 1 rings (SSSR count). The molecule has 1 aromatic rings. The Hall–Kier alpha value is -0.650. The van der Waals surface area contributed by atoms with Crippen LogP contribution in [0.2, 0.25) is 0 Å². The van der Waals surface area contributed by atoms with Crippen LogP contribution in [0.4, 0.5) is 0 Å². The minimum absolute atomic E-state index is 0.0434. The molecule has 3 nitrogen and oxygen atoms in total. The van der Waals surface area contributed by atoms with E-state index in [2.05, 4.69) is 27.2 Å². The first kappa shape index (κ1) is 11.4. The summed E-state index contributed by atoms with van der Waals surface area (Å²) in [5, 5.41) is 9.69. The monoisotopic (exact) mass is 276 g/mol. The molecule has 0 saturated heterocycles. The second kappa shape index (κ2) is 4.72. The van der Waals surface area contributed by atoms with Crippen molar-refractivity contribution < 1.29 is 14.6 Å². The molecule has 0 aliphatic carbocycles. The summed E-state index contributed by atoms with van der Waals surface area (Å²) in [6, 6.07) is 3.53. The Morgan fingerprint density at radius 3 is 2.79 bits per heavy atom. The third-order valence-corrected chi connectivity index (χ3v) is 3.32. The molecule has 14 heavy (non-hydrogen) atoms. The van der Waals surface area contributed by atoms with Crippen LogP contribution >= 0.6 is 27.3 Å². The Kier molecular flexibility index (Phi) is 3.86. The van der Waals surface area contributed by atoms with Gasteiger partial charge in [0.1, 0.15) is 6.10 Å². The summed E-state index contributed by atoms with van der Waals surface area (Å²) in [6.45, 7) is 3.48. The van der Waals surface area contributed by atoms with Gasteiger partial charge in [0.15, 0.2) is 0 Å². The summed E-state index contributed by atoms with van der Waals surface area (Å²) < 4.78 is 5.35. The third-order valence-electron chi connectivity index (χ3n) is 1.64. The van der Waals surface area contributed by atoms with Gasteiger partial charge in [-0.25, -0.2) is 4.79 Å². The lowest BCUT2D eigenvalue weighted by Gasteiger charge is -2.09. The van der Waals surface area contributed by atoms with E-state index in [4.69, 9.17) is 0 Å². The molecule has 1 atom stereocenters. The first-order valence-corrected chi connectivity index (χ1v) is 5.37. The number of thiophene rings is 1. The zero-order valence-corrected chi connectivity index (χ0v) is 9.89. The minimum Gasteiger partial charge on any atom is -0.466 e. The maximum absolute atomic E-state index is 11.0. The van der Waals surface area contributed by atoms with Crippen LogP contribution in [0.25, 0.3) is 0 Å². The van der Waals surface area contributed by atoms with Crippen molar-refractivity contribution in [2.24, 2.45) is 0 Å². The normalized spacial score (nSPS) is 12.2. The van der Waals surface area contributed by atoms with Gasteiger partial charge in [0.05, 0.1) is 16.5 Å². The molecule has 1 heterocycles. The van der Waals surface area contributed by atoms with Gasteiger partial charge >= 0.3 is 5.97 Å². The predicted octanol–water partition coefficient (Wildman–Crippen LogP) is 2.27. The highest BCUT2D eigenvalue weighted by molar-refractivity contribution is 9.11. The van der Waals surface area contributed by atoms with E-state index < -0.39 is 12.1 Å². The van der Waals surface area contributed by atoms with Crippen molar-refractivity contribution in [2.45, 2.75) is 6.10 Å². The number of halogens is 1. The number of hydrogen-bond donors (Lipinski definition) is 1. The van der Waals surface area contributed by atoms with Crippen LogP contribution in [-0.2, 0) is 9.53 Å². The van der Waals surface area contributed by atoms with Gasteiger partial charge in [-0.1, -0.05) is 6.58 Å². The minimum atomic E-state index is -0.987. The topological polar surface area (TPSA) is 46.5 Å². The number of aliphatic hydroxyl groups excluding tert-OH is 1. The zero-order chi connectivity index (χ0) is 10.7. The van der Waals surface area contributed by atoms with Crippen molar-refractivity contribution in [3.05, 3.63) is 32.9 Å². The fourth-order valence-corrected chi connectivity index (χ4v) is 2.33. The molecule has 1 unspecified atom stereocenters. The Labute approximate surface area is 94.1 Å². The van der Waals surface area contributed by atoms with Crippen molar-refractivity contribution in [1.82, 2.24) is 0 Å². The maximum atomic E-state index is 11.0. The Morgan fingerprint density at radius 2 is 2.36 bits per heavy atom. The fourth-order valence-electron chi connectivity index (χ4n) is 0.890. The Bertz CT molecular complexity index is 359. The van der Waals surface area contributed by atoms with Gasteiger partial charge in [0.25, 0.3) is 0 Å². The van der Waals surface area contributed by atoms with E-state index >= 15 is 0 Å². The molecular formula is C9H9BrO3S. The average molecular weight is 277 g/mol. The largest absolute Gasteiger partial charge is 0.466 e. The number of carbonyl (C=O) groups excluding carboxylic acids is 1. The molecule has 0 aromatic carbocycles. The lowest BCUT2D eigenvalue weighted by atomic mass is 10.1. The van der Waals surface area contributed by atoms with Gasteiger partial charge in [-0.15, -0.1) is 11.3 Å². The highest BCUT2D eigenvalue weighted by Gasteiger charge is 2.20. The smallest absolute Gasteiger partial charge is 0.336 e. The van der Waals surface area contributed by atoms with E-state index in [1.807, 2.05) is 0 Å². The molecule has 0 bridgehead atoms. The summed E-state index contributed by atoms with van der Waals surface area (Å²) in [5.41, 5.74) is 0.0434. The number of carbonyl (C=O) groups is 1. The van der Waals surface area contributed by atoms with Crippen LogP contribution in [0.15, 0.2) is 28.1 Å². The fraction of sp³-hybridized carbons (Fsp3) is 0.222. The molecule has 76 valence electrons. The molecule has 0 saturated carbocycles. The summed E-state index contributed by atoms with van der Waals surface area (Å²) in [7, 11) is 1.25. The highest BCUT2D eigenvalue weighted by Crippen LogP contribution is 2.30. The Balaban J connectivity index is 2.80. The van der Waals surface area contributed by atoms with Crippen LogP contribution in [0.3, 0.4) is 0 Å². The maximum Gasteiger partial charge on any atom is 0.336 e. The van der Waals surface area contributed by atoms with Crippen LogP contribution < -0.4 is 0 Å². The van der Waals surface area contributed by atoms with Crippen molar-refractivity contribution in [2.75, 3.05) is 7.11 Å². The van der Waals surface area contributed by atoms with E-state index in [1.165, 1.54) is 18.4 Å². The first-order chi connectivity index (χ1) is 6.56. The van der Waals surface area contributed by atoms with Gasteiger partial charge in [0.2, 0.25) is 0 Å². The molecule has 5 heteroatoms. The average Bonchev–Trinajstić information content (AvgIpc) is 2.61. The molecular weight excluding hydrogens is 268 g/mol. The summed E-state index contributed by atoms with van der Waals surface area (Å²) in [4.78, 5) is 11.7. The van der Waals surface area contributed by atoms with Gasteiger partial charge < -0.3 is 9.84 Å². The van der Waals surface area contributed by atoms with Crippen LogP contribution in [0, 0.1) is 0 Å². The van der Waals surface area contributed by atoms with E-state index in [1.54, 1.807) is 12.1 Å². The SMILES string of the molecule is C=C(C(=O)OC)C(O)c1ccc(Br)s1. The standard InChI is InChI=1S/C9H9BrO3S/c1-5(9(12)13-2)8(11)6-3-4-7(10)14-6/h3-4,8,11H,1H2,2H3. The van der Waals surface area contributed by atoms with Crippen LogP contribution in [-0.4, -0.2) is 18.2 Å². The van der Waals surface area contributed by atoms with Gasteiger partial charge in [-0.2, -0.15) is 0 Å². The highest BCUT2D eigenvalue weighted by atomic mass is 79.9. The van der Waals surface area contributed by atoms with Crippen molar-refractivity contribution in [3.8, 4) is 0 Å². The number of hydrogen-bond acceptors (Lipinski definition) is 4. The number of ether oxygens (including phenoxy) is 1. The van der Waals surface area contributed by atoms with Crippen molar-refractivity contribution in [3.63, 3.8) is 0 Å². The van der Waals surface area contributed by atoms with E-state index in [0.29, 0.717) is 4.88 Å². The zero-order valence-electron chi connectivity index (χ0n) is 7.49. The predicted molar refractivity (Wildman–Crippen MR) is 58.1 cm³/mol. The second-order valence-electron chi connectivity index (χ2n) is 2.56. The molecule has 0 aliphatic heterocycles. The van der Waals surface area contributed by atoms with E-state index in [9.17, 15) is 9.90 Å². The molecule has 0 radical (unpaired) electrons. The van der Waals surface area contributed by atoms with Crippen molar-refractivity contribution in [1.29, 1.82) is 0 Å². The number of rotatable bonds is 3. The molecule has 1 N–H and O–H groups in total.